The number of nitrogens with one attached hydrogen (secondary N) is 2. The Hall–Kier alpha value is -3.61. The Morgan fingerprint density at radius 2 is 2.12 bits per heavy atom. The summed E-state index contributed by atoms with van der Waals surface area (Å²) in [5, 5.41) is 3.44. The summed E-state index contributed by atoms with van der Waals surface area (Å²) in [5.41, 5.74) is 3.79. The Bertz CT molecular complexity index is 1040. The summed E-state index contributed by atoms with van der Waals surface area (Å²) >= 11 is 0. The maximum absolute atomic E-state index is 11.8. The Kier molecular flexibility index (Phi) is 4.10. The van der Waals surface area contributed by atoms with E-state index < -0.39 is 5.97 Å². The molecule has 7 heteroatoms. The number of hydrogen-bond acceptors (Lipinski definition) is 5. The van der Waals surface area contributed by atoms with Crippen LogP contribution < -0.4 is 5.32 Å². The molecule has 1 aromatic carbocycles. The number of H-pyrrole nitrogens is 1. The quantitative estimate of drug-likeness (QED) is 0.542. The van der Waals surface area contributed by atoms with Gasteiger partial charge in [-0.15, -0.1) is 0 Å². The molecule has 0 radical (unpaired) electrons. The molecule has 7 nitrogen and oxygen atoms in total. The smallest absolute Gasteiger partial charge is 0.338 e. The second-order valence-corrected chi connectivity index (χ2v) is 5.75. The summed E-state index contributed by atoms with van der Waals surface area (Å²) < 4.78 is 6.70. The van der Waals surface area contributed by atoms with Crippen LogP contribution in [0.4, 0.5) is 5.82 Å². The molecule has 4 rings (SSSR count). The van der Waals surface area contributed by atoms with Gasteiger partial charge in [0.1, 0.15) is 17.2 Å². The second-order valence-electron chi connectivity index (χ2n) is 5.75. The van der Waals surface area contributed by atoms with Crippen LogP contribution in [0.2, 0.25) is 0 Å². The van der Waals surface area contributed by atoms with Gasteiger partial charge in [0.05, 0.1) is 30.9 Å². The Morgan fingerprint density at radius 3 is 2.85 bits per heavy atom. The van der Waals surface area contributed by atoms with Crippen LogP contribution >= 0.6 is 0 Å². The third-order valence-electron chi connectivity index (χ3n) is 4.10. The van der Waals surface area contributed by atoms with Crippen LogP contribution in [0.15, 0.2) is 61.2 Å². The van der Waals surface area contributed by atoms with Gasteiger partial charge in [0.15, 0.2) is 0 Å². The average Bonchev–Trinajstić information content (AvgIpc) is 3.33. The molecule has 0 unspecified atom stereocenters. The molecule has 0 spiro atoms. The van der Waals surface area contributed by atoms with E-state index in [1.165, 1.54) is 7.11 Å². The molecule has 0 aliphatic rings. The lowest BCUT2D eigenvalue weighted by Crippen LogP contribution is -2.05. The zero-order chi connectivity index (χ0) is 17.9. The minimum atomic E-state index is -0.391. The number of ether oxygens (including phenoxy) is 1. The number of benzene rings is 1. The monoisotopic (exact) mass is 347 g/mol. The fraction of sp³-hybridized carbons (Fsp3) is 0.105. The lowest BCUT2D eigenvalue weighted by atomic mass is 10.2. The standard InChI is InChI=1S/C19H17N5O2/c1-26-19(25)14-7-8-24-16(9-14)23-17(15-11-20-12-22-15)18(24)21-10-13-5-3-2-4-6-13/h2-9,11-12,21H,10H2,1H3,(H,20,22). The molecular formula is C19H17N5O2. The van der Waals surface area contributed by atoms with Crippen molar-refractivity contribution in [3.05, 3.63) is 72.3 Å². The van der Waals surface area contributed by atoms with Gasteiger partial charge in [-0.1, -0.05) is 30.3 Å². The average molecular weight is 347 g/mol. The van der Waals surface area contributed by atoms with E-state index >= 15 is 0 Å². The zero-order valence-corrected chi connectivity index (χ0v) is 14.1. The van der Waals surface area contributed by atoms with Gasteiger partial charge in [0, 0.05) is 12.7 Å². The van der Waals surface area contributed by atoms with E-state index in [1.54, 1.807) is 24.7 Å². The van der Waals surface area contributed by atoms with Gasteiger partial charge < -0.3 is 15.0 Å². The zero-order valence-electron chi connectivity index (χ0n) is 14.1. The van der Waals surface area contributed by atoms with E-state index in [1.807, 2.05) is 28.8 Å². The minimum Gasteiger partial charge on any atom is -0.465 e. The number of methoxy groups -OCH3 is 1. The molecule has 0 saturated heterocycles. The number of carbonyl (C=O) groups excluding carboxylic acids is 1. The summed E-state index contributed by atoms with van der Waals surface area (Å²) in [7, 11) is 1.36. The first kappa shape index (κ1) is 15.9. The summed E-state index contributed by atoms with van der Waals surface area (Å²) in [6.07, 6.45) is 5.14. The predicted molar refractivity (Wildman–Crippen MR) is 97.9 cm³/mol. The summed E-state index contributed by atoms with van der Waals surface area (Å²) in [5.74, 6) is 0.432. The van der Waals surface area contributed by atoms with Crippen molar-refractivity contribution in [3.8, 4) is 11.4 Å². The summed E-state index contributed by atoms with van der Waals surface area (Å²) in [4.78, 5) is 23.6. The van der Waals surface area contributed by atoms with Gasteiger partial charge in [0.2, 0.25) is 0 Å². The number of anilines is 1. The van der Waals surface area contributed by atoms with E-state index in [0.717, 1.165) is 22.8 Å². The maximum Gasteiger partial charge on any atom is 0.338 e. The van der Waals surface area contributed by atoms with Crippen molar-refractivity contribution in [3.63, 3.8) is 0 Å². The van der Waals surface area contributed by atoms with Crippen LogP contribution in [-0.4, -0.2) is 32.4 Å². The van der Waals surface area contributed by atoms with Crippen molar-refractivity contribution in [2.24, 2.45) is 0 Å². The molecule has 0 amide bonds. The van der Waals surface area contributed by atoms with Gasteiger partial charge in [-0.2, -0.15) is 0 Å². The number of fused-ring (bicyclic) bond motifs is 1. The number of imidazole rings is 2. The molecule has 0 fully saturated rings. The van der Waals surface area contributed by atoms with Gasteiger partial charge in [-0.3, -0.25) is 4.40 Å². The molecular weight excluding hydrogens is 330 g/mol. The minimum absolute atomic E-state index is 0.391. The highest BCUT2D eigenvalue weighted by Gasteiger charge is 2.17. The fourth-order valence-electron chi connectivity index (χ4n) is 2.81. The molecule has 4 aromatic rings. The first-order valence-corrected chi connectivity index (χ1v) is 8.13. The molecule has 0 saturated carbocycles. The van der Waals surface area contributed by atoms with E-state index in [-0.39, 0.29) is 0 Å². The van der Waals surface area contributed by atoms with E-state index in [4.69, 9.17) is 4.74 Å². The van der Waals surface area contributed by atoms with Crippen molar-refractivity contribution in [2.45, 2.75) is 6.54 Å². The van der Waals surface area contributed by atoms with Crippen molar-refractivity contribution in [1.29, 1.82) is 0 Å². The number of rotatable bonds is 5. The van der Waals surface area contributed by atoms with Crippen LogP contribution in [-0.2, 0) is 11.3 Å². The summed E-state index contributed by atoms with van der Waals surface area (Å²) in [6.45, 7) is 0.647. The number of aromatic nitrogens is 4. The number of hydrogen-bond donors (Lipinski definition) is 2. The molecule has 130 valence electrons. The maximum atomic E-state index is 11.8. The third-order valence-corrected chi connectivity index (χ3v) is 4.10. The molecule has 3 aromatic heterocycles. The Balaban J connectivity index is 1.77. The number of pyridine rings is 1. The second kappa shape index (κ2) is 6.72. The van der Waals surface area contributed by atoms with Gasteiger partial charge in [0.25, 0.3) is 0 Å². The largest absolute Gasteiger partial charge is 0.465 e. The lowest BCUT2D eigenvalue weighted by Gasteiger charge is -2.08. The van der Waals surface area contributed by atoms with Crippen LogP contribution in [0, 0.1) is 0 Å². The van der Waals surface area contributed by atoms with Crippen LogP contribution in [0.5, 0.6) is 0 Å². The SMILES string of the molecule is COC(=O)c1ccn2c(NCc3ccccc3)c(-c3cnc[nH]3)nc2c1. The van der Waals surface area contributed by atoms with Crippen molar-refractivity contribution >= 4 is 17.4 Å². The first-order valence-electron chi connectivity index (χ1n) is 8.13. The molecule has 3 heterocycles. The lowest BCUT2D eigenvalue weighted by molar-refractivity contribution is 0.0600. The normalized spacial score (nSPS) is 10.8. The number of nitrogens with zero attached hydrogens (tertiary/aromatic N) is 3. The highest BCUT2D eigenvalue weighted by molar-refractivity contribution is 5.91. The number of esters is 1. The van der Waals surface area contributed by atoms with Crippen molar-refractivity contribution < 1.29 is 9.53 Å². The Morgan fingerprint density at radius 1 is 1.27 bits per heavy atom. The van der Waals surface area contributed by atoms with Gasteiger partial charge in [-0.25, -0.2) is 14.8 Å². The van der Waals surface area contributed by atoms with E-state index in [2.05, 4.69) is 32.4 Å². The molecule has 0 bridgehead atoms. The van der Waals surface area contributed by atoms with E-state index in [9.17, 15) is 4.79 Å². The predicted octanol–water partition coefficient (Wildman–Crippen LogP) is 3.12. The number of carbonyl (C=O) groups is 1. The molecule has 0 aliphatic heterocycles. The third kappa shape index (κ3) is 2.90. The van der Waals surface area contributed by atoms with Crippen LogP contribution in [0.1, 0.15) is 15.9 Å². The number of aromatic amines is 1. The highest BCUT2D eigenvalue weighted by Crippen LogP contribution is 2.28. The first-order chi connectivity index (χ1) is 12.8. The summed E-state index contributed by atoms with van der Waals surface area (Å²) in [6, 6.07) is 13.5. The fourth-order valence-corrected chi connectivity index (χ4v) is 2.81. The topological polar surface area (TPSA) is 84.3 Å². The van der Waals surface area contributed by atoms with Gasteiger partial charge in [-0.05, 0) is 17.7 Å². The van der Waals surface area contributed by atoms with E-state index in [0.29, 0.717) is 17.8 Å². The van der Waals surface area contributed by atoms with Crippen molar-refractivity contribution in [2.75, 3.05) is 12.4 Å². The molecule has 0 atom stereocenters. The highest BCUT2D eigenvalue weighted by atomic mass is 16.5. The molecule has 26 heavy (non-hydrogen) atoms. The molecule has 0 aliphatic carbocycles. The van der Waals surface area contributed by atoms with Crippen molar-refractivity contribution in [1.82, 2.24) is 19.4 Å². The molecule has 2 N–H and O–H groups in total. The van der Waals surface area contributed by atoms with Crippen LogP contribution in [0.3, 0.4) is 0 Å². The van der Waals surface area contributed by atoms with Crippen LogP contribution in [0.25, 0.3) is 17.0 Å². The Labute approximate surface area is 149 Å². The van der Waals surface area contributed by atoms with Gasteiger partial charge >= 0.3 is 5.97 Å².